The second kappa shape index (κ2) is 13.0. The molecule has 0 radical (unpaired) electrons. The van der Waals surface area contributed by atoms with Crippen molar-refractivity contribution < 1.29 is 15.0 Å². The van der Waals surface area contributed by atoms with E-state index in [4.69, 9.17) is 5.73 Å². The lowest BCUT2D eigenvalue weighted by Gasteiger charge is -2.25. The highest BCUT2D eigenvalue weighted by Crippen LogP contribution is 2.20. The van der Waals surface area contributed by atoms with Crippen molar-refractivity contribution in [2.24, 2.45) is 0 Å². The number of nitrogens with one attached hydrogen (secondary N) is 1. The first-order valence-corrected chi connectivity index (χ1v) is 13.1. The van der Waals surface area contributed by atoms with Gasteiger partial charge in [0.05, 0.1) is 12.5 Å². The zero-order chi connectivity index (χ0) is 26.0. The number of amides is 1. The number of phenolic OH excluding ortho intramolecular Hbond substituents is 1. The molecule has 1 heterocycles. The molecule has 0 aliphatic carbocycles. The van der Waals surface area contributed by atoms with Gasteiger partial charge in [0.15, 0.2) is 5.13 Å². The molecule has 0 aliphatic rings. The van der Waals surface area contributed by atoms with Gasteiger partial charge in [-0.15, -0.1) is 11.3 Å². The fourth-order valence-electron chi connectivity index (χ4n) is 4.13. The summed E-state index contributed by atoms with van der Waals surface area (Å²) in [5, 5.41) is 24.4. The molecule has 0 saturated carbocycles. The first-order chi connectivity index (χ1) is 18.0. The van der Waals surface area contributed by atoms with Gasteiger partial charge in [0, 0.05) is 36.4 Å². The Morgan fingerprint density at radius 1 is 0.973 bits per heavy atom. The zero-order valence-corrected chi connectivity index (χ0v) is 21.4. The smallest absolute Gasteiger partial charge is 0.229 e. The normalized spacial score (nSPS) is 11.9. The topological polar surface area (TPSA) is 112 Å². The molecule has 0 saturated heterocycles. The molecule has 0 aliphatic heterocycles. The van der Waals surface area contributed by atoms with Gasteiger partial charge in [0.25, 0.3) is 0 Å². The molecule has 7 nitrogen and oxygen atoms in total. The molecule has 192 valence electrons. The average Bonchev–Trinajstić information content (AvgIpc) is 3.31. The van der Waals surface area contributed by atoms with Crippen molar-refractivity contribution >= 4 is 28.1 Å². The van der Waals surface area contributed by atoms with Crippen LogP contribution in [0.4, 0.5) is 10.8 Å². The lowest BCUT2D eigenvalue weighted by molar-refractivity contribution is -0.115. The van der Waals surface area contributed by atoms with Crippen molar-refractivity contribution in [3.8, 4) is 5.75 Å². The summed E-state index contributed by atoms with van der Waals surface area (Å²) in [6.45, 7) is 1.95. The Morgan fingerprint density at radius 3 is 2.38 bits per heavy atom. The van der Waals surface area contributed by atoms with E-state index < -0.39 is 6.10 Å². The highest BCUT2D eigenvalue weighted by Gasteiger charge is 2.15. The molecule has 1 amide bonds. The van der Waals surface area contributed by atoms with Gasteiger partial charge < -0.3 is 21.3 Å². The molecule has 0 spiro atoms. The molecule has 5 N–H and O–H groups in total. The number of aromatic nitrogens is 1. The Hall–Kier alpha value is -3.72. The van der Waals surface area contributed by atoms with E-state index in [1.54, 1.807) is 12.3 Å². The Morgan fingerprint density at radius 2 is 1.68 bits per heavy atom. The third kappa shape index (κ3) is 8.15. The molecule has 8 heteroatoms. The van der Waals surface area contributed by atoms with Crippen LogP contribution in [-0.4, -0.2) is 45.6 Å². The van der Waals surface area contributed by atoms with E-state index in [9.17, 15) is 15.0 Å². The summed E-state index contributed by atoms with van der Waals surface area (Å²) in [5.41, 5.74) is 9.28. The molecule has 0 bridgehead atoms. The van der Waals surface area contributed by atoms with Crippen molar-refractivity contribution in [3.63, 3.8) is 0 Å². The number of nitrogens with two attached hydrogens (primary N) is 1. The number of rotatable bonds is 12. The van der Waals surface area contributed by atoms with Crippen LogP contribution in [0.3, 0.4) is 0 Å². The average molecular weight is 517 g/mol. The summed E-state index contributed by atoms with van der Waals surface area (Å²) >= 11 is 1.31. The van der Waals surface area contributed by atoms with Crippen LogP contribution < -0.4 is 11.1 Å². The van der Waals surface area contributed by atoms with E-state index in [0.717, 1.165) is 40.2 Å². The van der Waals surface area contributed by atoms with Gasteiger partial charge in [-0.25, -0.2) is 4.98 Å². The van der Waals surface area contributed by atoms with Crippen molar-refractivity contribution in [1.29, 1.82) is 0 Å². The fraction of sp³-hybridized carbons (Fsp3) is 0.241. The van der Waals surface area contributed by atoms with Gasteiger partial charge in [-0.3, -0.25) is 9.69 Å². The van der Waals surface area contributed by atoms with E-state index in [-0.39, 0.29) is 12.3 Å². The van der Waals surface area contributed by atoms with E-state index in [2.05, 4.69) is 15.2 Å². The lowest BCUT2D eigenvalue weighted by Crippen LogP contribution is -2.32. The molecule has 1 atom stereocenters. The molecule has 0 unspecified atom stereocenters. The highest BCUT2D eigenvalue weighted by molar-refractivity contribution is 7.15. The van der Waals surface area contributed by atoms with Crippen molar-refractivity contribution in [2.45, 2.75) is 25.4 Å². The number of anilines is 2. The summed E-state index contributed by atoms with van der Waals surface area (Å²) in [4.78, 5) is 19.3. The van der Waals surface area contributed by atoms with E-state index in [1.165, 1.54) is 11.3 Å². The number of aliphatic hydroxyl groups excluding tert-OH is 1. The lowest BCUT2D eigenvalue weighted by atomic mass is 10.1. The predicted octanol–water partition coefficient (Wildman–Crippen LogP) is 4.43. The van der Waals surface area contributed by atoms with Gasteiger partial charge in [-0.1, -0.05) is 60.7 Å². The molecule has 3 aromatic carbocycles. The minimum absolute atomic E-state index is 0.110. The first kappa shape index (κ1) is 26.3. The number of hydrogen-bond donors (Lipinski definition) is 4. The second-order valence-electron chi connectivity index (χ2n) is 8.94. The van der Waals surface area contributed by atoms with Gasteiger partial charge in [-0.05, 0) is 47.7 Å². The van der Waals surface area contributed by atoms with E-state index in [1.807, 2.05) is 72.8 Å². The number of carbonyl (C=O) groups excluding carboxylic acids is 1. The Labute approximate surface area is 221 Å². The third-order valence-corrected chi connectivity index (χ3v) is 6.99. The molecule has 0 fully saturated rings. The quantitative estimate of drug-likeness (QED) is 0.222. The monoisotopic (exact) mass is 516 g/mol. The largest absolute Gasteiger partial charge is 0.508 e. The maximum Gasteiger partial charge on any atom is 0.229 e. The number of benzene rings is 3. The van der Waals surface area contributed by atoms with Gasteiger partial charge in [0.1, 0.15) is 5.75 Å². The molecule has 4 aromatic rings. The van der Waals surface area contributed by atoms with E-state index >= 15 is 0 Å². The number of carbonyl (C=O) groups is 1. The van der Waals surface area contributed by atoms with Crippen LogP contribution in [-0.2, 0) is 24.1 Å². The number of para-hydroxylation sites is 1. The maximum absolute atomic E-state index is 12.3. The minimum Gasteiger partial charge on any atom is -0.508 e. The van der Waals surface area contributed by atoms with Crippen LogP contribution in [0, 0.1) is 0 Å². The Balaban J connectivity index is 1.34. The maximum atomic E-state index is 12.3. The Bertz CT molecular complexity index is 1280. The summed E-state index contributed by atoms with van der Waals surface area (Å²) in [6.07, 6.45) is 2.74. The number of thiazole rings is 1. The molecule has 37 heavy (non-hydrogen) atoms. The van der Waals surface area contributed by atoms with Crippen molar-refractivity contribution in [2.75, 3.05) is 30.7 Å². The summed E-state index contributed by atoms with van der Waals surface area (Å²) in [5.74, 6) is 0.184. The van der Waals surface area contributed by atoms with Crippen LogP contribution in [0.15, 0.2) is 85.1 Å². The Kier molecular flexibility index (Phi) is 9.26. The van der Waals surface area contributed by atoms with Crippen LogP contribution in [0.5, 0.6) is 5.75 Å². The summed E-state index contributed by atoms with van der Waals surface area (Å²) < 4.78 is 0. The standard InChI is InChI=1S/C29H32N4O3S/c30-29-31-19-25(37-29)18-28(36)32-24-12-10-21(11-13-24)14-16-33(17-15-23-8-4-5-9-26(23)34)20-27(35)22-6-2-1-3-7-22/h1-13,19,27,34-35H,14-18,20H2,(H2,30,31)(H,32,36)/t27-/m0/s1. The van der Waals surface area contributed by atoms with Gasteiger partial charge in [-0.2, -0.15) is 0 Å². The summed E-state index contributed by atoms with van der Waals surface area (Å²) in [7, 11) is 0. The van der Waals surface area contributed by atoms with Crippen LogP contribution in [0.2, 0.25) is 0 Å². The van der Waals surface area contributed by atoms with Gasteiger partial charge in [0.2, 0.25) is 5.91 Å². The van der Waals surface area contributed by atoms with Crippen LogP contribution in [0.25, 0.3) is 0 Å². The first-order valence-electron chi connectivity index (χ1n) is 12.3. The number of aromatic hydroxyl groups is 1. The number of nitrogens with zero attached hydrogens (tertiary/aromatic N) is 2. The van der Waals surface area contributed by atoms with Crippen molar-refractivity contribution in [3.05, 3.63) is 107 Å². The number of hydrogen-bond acceptors (Lipinski definition) is 7. The molecule has 4 rings (SSSR count). The highest BCUT2D eigenvalue weighted by atomic mass is 32.1. The fourth-order valence-corrected chi connectivity index (χ4v) is 4.81. The molecule has 1 aromatic heterocycles. The molecular formula is C29H32N4O3S. The van der Waals surface area contributed by atoms with E-state index in [0.29, 0.717) is 30.4 Å². The SMILES string of the molecule is Nc1ncc(CC(=O)Nc2ccc(CCN(CCc3ccccc3O)C[C@H](O)c3ccccc3)cc2)s1. The number of nitrogen functional groups attached to an aromatic ring is 1. The predicted molar refractivity (Wildman–Crippen MR) is 149 cm³/mol. The zero-order valence-electron chi connectivity index (χ0n) is 20.6. The minimum atomic E-state index is -0.600. The van der Waals surface area contributed by atoms with Crippen LogP contribution in [0.1, 0.15) is 27.7 Å². The number of aliphatic hydroxyl groups is 1. The van der Waals surface area contributed by atoms with Crippen molar-refractivity contribution in [1.82, 2.24) is 9.88 Å². The third-order valence-electron chi connectivity index (χ3n) is 6.17. The second-order valence-corrected chi connectivity index (χ2v) is 10.1. The number of phenols is 1. The van der Waals surface area contributed by atoms with Gasteiger partial charge >= 0.3 is 0 Å². The summed E-state index contributed by atoms with van der Waals surface area (Å²) in [6, 6.07) is 24.9. The van der Waals surface area contributed by atoms with Crippen LogP contribution >= 0.6 is 11.3 Å². The molecular weight excluding hydrogens is 484 g/mol.